The van der Waals surface area contributed by atoms with Gasteiger partial charge in [-0.1, -0.05) is 274 Å². The molecule has 2 aliphatic heterocycles. The number of aromatic nitrogens is 8. The van der Waals surface area contributed by atoms with Crippen molar-refractivity contribution in [2.75, 3.05) is 28.2 Å². The molecule has 0 spiro atoms. The number of pyridine rings is 8. The predicted molar refractivity (Wildman–Crippen MR) is 520 cm³/mol. The molecule has 0 fully saturated rings. The third-order valence-corrected chi connectivity index (χ3v) is 15.6. The maximum Gasteiger partial charge on any atom is 2.00 e. The van der Waals surface area contributed by atoms with Crippen LogP contribution in [0.3, 0.4) is 0 Å². The minimum absolute atomic E-state index is 0. The van der Waals surface area contributed by atoms with Crippen LogP contribution >= 0.6 is 7.81 Å². The quantitative estimate of drug-likeness (QED) is 0.0598. The monoisotopic (exact) mass is 2060 g/mol. The first kappa shape index (κ1) is 131. The van der Waals surface area contributed by atoms with E-state index in [0.717, 1.165) is 124 Å². The van der Waals surface area contributed by atoms with Gasteiger partial charge in [0.1, 0.15) is 0 Å². The second-order valence-electron chi connectivity index (χ2n) is 28.0. The zero-order chi connectivity index (χ0) is 96.2. The SMILES string of the molecule is C.C.CCC.CCC.CCC.CCC.CN1C=CN(C)[CH-]1.CN1C=CN(C)[CH-]1.F[P-](F)(F)(F)(F)F.[C-]#[N+]c1c(C)cccc1C.[C-]#[N+]c1c(C)cccc1C.[Ni+2].[Ni+2].[Ni+2].[Ni+2].[O-][Cl+3]([O-])([O-])[O-].[c-]1c(-c2ccccn2)cccc1-c1ccccn1.[c-]1c(-c2ccccn2)cccc1-c1ccccn1.[c-]1c(-c2ccccn2)cccc1-c1ccccn1.[c-]1c(-c2ccccn2)cccc1-c1ccccn1. The Morgan fingerprint density at radius 1 is 0.279 bits per heavy atom. The van der Waals surface area contributed by atoms with Crippen molar-refractivity contribution in [2.45, 2.75) is 124 Å². The van der Waals surface area contributed by atoms with Crippen LogP contribution in [0.1, 0.15) is 118 Å². The number of rotatable bonds is 8. The van der Waals surface area contributed by atoms with Crippen molar-refractivity contribution < 1.29 is 120 Å². The summed E-state index contributed by atoms with van der Waals surface area (Å²) >= 11 is 0. The summed E-state index contributed by atoms with van der Waals surface area (Å²) < 4.78 is 93.2. The normalized spacial score (nSPS) is 10.9. The minimum Gasteiger partial charge on any atom is -0.295 e. The van der Waals surface area contributed by atoms with Gasteiger partial charge in [-0.2, -0.15) is 13.3 Å². The Labute approximate surface area is 846 Å². The second kappa shape index (κ2) is 70.9. The first-order valence-electron chi connectivity index (χ1n) is 41.3. The molecule has 0 atom stereocenters. The van der Waals surface area contributed by atoms with Crippen molar-refractivity contribution in [3.63, 3.8) is 0 Å². The summed E-state index contributed by atoms with van der Waals surface area (Å²) in [6.07, 6.45) is 27.3. The Kier molecular flexibility index (Phi) is 68.0. The predicted octanol–water partition coefficient (Wildman–Crippen LogP) is 26.6. The Morgan fingerprint density at radius 2 is 0.404 bits per heavy atom. The summed E-state index contributed by atoms with van der Waals surface area (Å²) in [6, 6.07) is 96.2. The summed E-state index contributed by atoms with van der Waals surface area (Å²) in [6.45, 7) is 42.5. The number of hydrogen-bond donors (Lipinski definition) is 0. The number of nitrogens with zero attached hydrogens (tertiary/aromatic N) is 14. The van der Waals surface area contributed by atoms with E-state index in [1.54, 1.807) is 49.6 Å². The molecule has 0 amide bonds. The number of para-hydroxylation sites is 2. The average molecular weight is 2070 g/mol. The van der Waals surface area contributed by atoms with Gasteiger partial charge >= 0.3 is 99.0 Å². The first-order valence-corrected chi connectivity index (χ1v) is 44.6. The molecule has 18 nitrogen and oxygen atoms in total. The van der Waals surface area contributed by atoms with E-state index in [1.807, 2.05) is 368 Å². The molecule has 0 radical (unpaired) electrons. The van der Waals surface area contributed by atoms with Crippen molar-refractivity contribution in [3.05, 3.63) is 412 Å². The smallest absolute Gasteiger partial charge is 0.295 e. The van der Waals surface area contributed by atoms with E-state index in [9.17, 15) is 25.2 Å². The molecule has 0 saturated carbocycles. The van der Waals surface area contributed by atoms with Crippen LogP contribution in [0, 0.1) is 88.7 Å². The van der Waals surface area contributed by atoms with Crippen LogP contribution in [0.5, 0.6) is 0 Å². The second-order valence-corrected chi connectivity index (χ2v) is 30.7. The Bertz CT molecular complexity index is 4760. The fourth-order valence-corrected chi connectivity index (χ4v) is 10.4. The van der Waals surface area contributed by atoms with Gasteiger partial charge in [0, 0.05) is 95.1 Å². The van der Waals surface area contributed by atoms with Crippen LogP contribution in [-0.4, -0.2) is 87.7 Å². The van der Waals surface area contributed by atoms with Gasteiger partial charge < -0.3 is 19.6 Å². The van der Waals surface area contributed by atoms with Crippen molar-refractivity contribution in [3.8, 4) is 90.1 Å². The van der Waals surface area contributed by atoms with Crippen LogP contribution in [0.4, 0.5) is 36.6 Å². The van der Waals surface area contributed by atoms with Crippen molar-refractivity contribution in [1.82, 2.24) is 59.5 Å². The maximum absolute atomic E-state index is 10.7. The van der Waals surface area contributed by atoms with E-state index in [2.05, 4.69) is 129 Å². The number of hydrogen-bond acceptors (Lipinski definition) is 16. The molecule has 14 aromatic rings. The third kappa shape index (κ3) is 59.2. The molecule has 136 heavy (non-hydrogen) atoms. The standard InChI is InChI=1S/4C16H11N2.2C9H9N.2C5H9N2.4C3H8.2CH4.ClHO4.F6P.4Ni/c4*1-3-10-17-15(8-1)13-6-5-7-14(12-13)16-9-2-4-11-18-16;2*1-7-5-4-6-8(2)9(7)10-3;2*1-6-3-4-7(2)5-6;4*1-3-2;;;2-1(3,4)5;1-7(2,3,4,5)6;;;;/h4*1-11H;2*4-6H,1-2H3;2*3-5H,1-2H3;4*3H2,1-2H3;2*1H4;(H,2,3,4,5);;;;;/q4*-1;;;2*-1;;;;;;;;-1;4*+2/p-1. The van der Waals surface area contributed by atoms with E-state index in [-0.39, 0.29) is 80.8 Å². The van der Waals surface area contributed by atoms with Gasteiger partial charge in [-0.3, -0.25) is 39.9 Å². The number of halogens is 7. The molecule has 0 saturated heterocycles. The first-order chi connectivity index (χ1) is 61.9. The molecule has 0 aliphatic carbocycles. The number of aryl methyl sites for hydroxylation is 4. The van der Waals surface area contributed by atoms with Gasteiger partial charge in [0.25, 0.3) is 0 Å². The molecule has 10 heterocycles. The van der Waals surface area contributed by atoms with Gasteiger partial charge in [0.05, 0.1) is 13.1 Å². The molecular formula is C106H120ClF6N14Ni4O4P. The summed E-state index contributed by atoms with van der Waals surface area (Å²) in [5.74, 6) is 0. The molecule has 0 unspecified atom stereocenters. The summed E-state index contributed by atoms with van der Waals surface area (Å²) in [7, 11) is -7.60. The van der Waals surface area contributed by atoms with Crippen LogP contribution in [-0.2, 0) is 66.0 Å². The van der Waals surface area contributed by atoms with Gasteiger partial charge in [0.2, 0.25) is 0 Å². The molecule has 732 valence electrons. The van der Waals surface area contributed by atoms with Gasteiger partial charge in [0.15, 0.2) is 11.4 Å². The van der Waals surface area contributed by atoms with Crippen LogP contribution in [0.15, 0.2) is 329 Å². The summed E-state index contributed by atoms with van der Waals surface area (Å²) in [5.41, 5.74) is 21.1. The molecule has 30 heteroatoms. The van der Waals surface area contributed by atoms with Crippen LogP contribution < -0.4 is 18.6 Å². The van der Waals surface area contributed by atoms with Gasteiger partial charge in [-0.15, -0.1) is 107 Å². The minimum atomic E-state index is -10.7. The summed E-state index contributed by atoms with van der Waals surface area (Å²) in [4.78, 5) is 49.5. The third-order valence-electron chi connectivity index (χ3n) is 15.6. The van der Waals surface area contributed by atoms with Crippen molar-refractivity contribution >= 4 is 19.2 Å². The Morgan fingerprint density at radius 3 is 0.493 bits per heavy atom. The Balaban J connectivity index is -0.000000714. The summed E-state index contributed by atoms with van der Waals surface area (Å²) in [5, 5.41) is 0. The Hall–Kier alpha value is -11.7. The maximum atomic E-state index is 9.87. The molecule has 16 rings (SSSR count). The van der Waals surface area contributed by atoms with E-state index in [1.165, 1.54) is 25.7 Å². The van der Waals surface area contributed by atoms with E-state index >= 15 is 0 Å². The van der Waals surface area contributed by atoms with Gasteiger partial charge in [-0.25, -0.2) is 28.3 Å². The van der Waals surface area contributed by atoms with Gasteiger partial charge in [-0.05, 0) is 151 Å². The average Bonchev–Trinajstić information content (AvgIpc) is 1.02. The number of benzene rings is 6. The molecular weight excluding hydrogens is 1950 g/mol. The fraction of sp³-hybridized carbons (Fsp3) is 0.208. The largest absolute Gasteiger partial charge is 2.00 e. The zero-order valence-corrected chi connectivity index (χ0v) is 83.0. The molecule has 6 aromatic carbocycles. The van der Waals surface area contributed by atoms with E-state index in [0.29, 0.717) is 0 Å². The van der Waals surface area contributed by atoms with E-state index < -0.39 is 18.1 Å². The fourth-order valence-electron chi connectivity index (χ4n) is 10.4. The zero-order valence-electron chi connectivity index (χ0n) is 77.4. The van der Waals surface area contributed by atoms with Crippen LogP contribution in [0.25, 0.3) is 99.7 Å². The van der Waals surface area contributed by atoms with E-state index in [4.69, 9.17) is 31.8 Å². The van der Waals surface area contributed by atoms with Crippen molar-refractivity contribution in [2.24, 2.45) is 0 Å². The molecule has 2 aliphatic rings. The van der Waals surface area contributed by atoms with Crippen LogP contribution in [0.2, 0.25) is 0 Å². The molecule has 0 bridgehead atoms. The van der Waals surface area contributed by atoms with Crippen molar-refractivity contribution in [1.29, 1.82) is 0 Å². The topological polar surface area (TPSA) is 217 Å². The molecule has 0 N–H and O–H groups in total. The molecule has 8 aromatic heterocycles.